The molecule has 2 aromatic heterocycles. The fourth-order valence-corrected chi connectivity index (χ4v) is 2.35. The van der Waals surface area contributed by atoms with E-state index in [0.29, 0.717) is 0 Å². The largest absolute Gasteiger partial charge is 0.323 e. The fourth-order valence-electron chi connectivity index (χ4n) is 2.35. The van der Waals surface area contributed by atoms with Crippen LogP contribution in [0.25, 0.3) is 11.0 Å². The topological polar surface area (TPSA) is 91.4 Å². The Balaban J connectivity index is 1.56. The summed E-state index contributed by atoms with van der Waals surface area (Å²) in [4.78, 5) is 16.8. The minimum Gasteiger partial charge on any atom is -0.310 e. The lowest BCUT2D eigenvalue weighted by atomic mass is 10.1. The van der Waals surface area contributed by atoms with Crippen molar-refractivity contribution in [2.45, 2.75) is 25.9 Å². The molecule has 1 aromatic carbocycles. The van der Waals surface area contributed by atoms with E-state index in [4.69, 9.17) is 0 Å². The summed E-state index contributed by atoms with van der Waals surface area (Å²) in [7, 11) is 0. The minimum absolute atomic E-state index is 0.171. The van der Waals surface area contributed by atoms with Gasteiger partial charge in [0.25, 0.3) is 0 Å². The molecule has 0 saturated carbocycles. The Morgan fingerprint density at radius 2 is 2.19 bits per heavy atom. The van der Waals surface area contributed by atoms with Crippen LogP contribution in [0.4, 0.5) is 0 Å². The smallest absolute Gasteiger partial charge is 0.310 e. The van der Waals surface area contributed by atoms with Crippen LogP contribution >= 0.6 is 0 Å². The molecule has 0 spiro atoms. The molecule has 7 heteroatoms. The quantitative estimate of drug-likeness (QED) is 0.594. The highest BCUT2D eigenvalue weighted by atomic mass is 16.1. The maximum atomic E-state index is 11.3. The number of H-pyrrole nitrogens is 2. The number of nitrogens with one attached hydrogen (secondary N) is 3. The molecule has 0 aliphatic heterocycles. The highest BCUT2D eigenvalue weighted by molar-refractivity contribution is 5.75. The summed E-state index contributed by atoms with van der Waals surface area (Å²) < 4.78 is 1.82. The summed E-state index contributed by atoms with van der Waals surface area (Å²) in [6.45, 7) is 3.86. The van der Waals surface area contributed by atoms with Crippen molar-refractivity contribution < 1.29 is 0 Å². The van der Waals surface area contributed by atoms with E-state index < -0.39 is 0 Å². The van der Waals surface area contributed by atoms with Gasteiger partial charge < -0.3 is 15.3 Å². The number of aromatic nitrogens is 5. The average molecular weight is 286 g/mol. The highest BCUT2D eigenvalue weighted by Gasteiger charge is 2.06. The second kappa shape index (κ2) is 5.92. The van der Waals surface area contributed by atoms with E-state index in [1.807, 2.05) is 29.1 Å². The molecule has 1 atom stereocenters. The maximum absolute atomic E-state index is 11.3. The number of rotatable bonds is 6. The van der Waals surface area contributed by atoms with Gasteiger partial charge in [-0.25, -0.2) is 4.79 Å². The van der Waals surface area contributed by atoms with Crippen molar-refractivity contribution in [1.29, 1.82) is 0 Å². The van der Waals surface area contributed by atoms with Crippen molar-refractivity contribution in [3.8, 4) is 0 Å². The fraction of sp³-hybridized carbons (Fsp3) is 0.357. The molecule has 7 nitrogen and oxygen atoms in total. The lowest BCUT2D eigenvalue weighted by Gasteiger charge is -2.14. The Labute approximate surface area is 121 Å². The molecular formula is C14H18N6O. The number of nitrogens with zero attached hydrogens (tertiary/aromatic N) is 3. The SMILES string of the molecule is CC(NCCCn1ccnn1)c1ccc2[nH]c(=O)[nH]c2c1. The maximum Gasteiger partial charge on any atom is 0.323 e. The molecule has 3 N–H and O–H groups in total. The number of hydrogen-bond acceptors (Lipinski definition) is 4. The molecule has 1 unspecified atom stereocenters. The molecule has 2 heterocycles. The number of hydrogen-bond donors (Lipinski definition) is 3. The lowest BCUT2D eigenvalue weighted by molar-refractivity contribution is 0.499. The predicted octanol–water partition coefficient (Wildman–Crippen LogP) is 1.19. The summed E-state index contributed by atoms with van der Waals surface area (Å²) >= 11 is 0. The van der Waals surface area contributed by atoms with Crippen LogP contribution in [-0.4, -0.2) is 31.5 Å². The second-order valence-electron chi connectivity index (χ2n) is 5.08. The van der Waals surface area contributed by atoms with Crippen LogP contribution in [0.15, 0.2) is 35.4 Å². The van der Waals surface area contributed by atoms with Gasteiger partial charge in [-0.05, 0) is 37.6 Å². The van der Waals surface area contributed by atoms with Gasteiger partial charge in [-0.15, -0.1) is 5.10 Å². The van der Waals surface area contributed by atoms with Crippen LogP contribution < -0.4 is 11.0 Å². The van der Waals surface area contributed by atoms with Gasteiger partial charge in [-0.1, -0.05) is 11.3 Å². The van der Waals surface area contributed by atoms with Crippen LogP contribution in [0.2, 0.25) is 0 Å². The van der Waals surface area contributed by atoms with E-state index in [1.54, 1.807) is 6.20 Å². The van der Waals surface area contributed by atoms with Crippen molar-refractivity contribution in [3.05, 3.63) is 46.6 Å². The van der Waals surface area contributed by atoms with E-state index in [2.05, 4.69) is 32.5 Å². The van der Waals surface area contributed by atoms with Crippen LogP contribution in [0, 0.1) is 0 Å². The van der Waals surface area contributed by atoms with Crippen molar-refractivity contribution in [2.24, 2.45) is 0 Å². The van der Waals surface area contributed by atoms with Gasteiger partial charge in [0.15, 0.2) is 0 Å². The van der Waals surface area contributed by atoms with Gasteiger partial charge in [-0.2, -0.15) is 0 Å². The zero-order valence-electron chi connectivity index (χ0n) is 11.8. The Hall–Kier alpha value is -2.41. The summed E-state index contributed by atoms with van der Waals surface area (Å²) in [5.41, 5.74) is 2.66. The number of imidazole rings is 1. The van der Waals surface area contributed by atoms with Gasteiger partial charge in [-0.3, -0.25) is 4.68 Å². The predicted molar refractivity (Wildman–Crippen MR) is 80.0 cm³/mol. The van der Waals surface area contributed by atoms with E-state index in [0.717, 1.165) is 36.1 Å². The summed E-state index contributed by atoms with van der Waals surface area (Å²) in [6.07, 6.45) is 4.53. The van der Waals surface area contributed by atoms with Crippen molar-refractivity contribution >= 4 is 11.0 Å². The average Bonchev–Trinajstić information content (AvgIpc) is 3.10. The number of benzene rings is 1. The zero-order chi connectivity index (χ0) is 14.7. The standard InChI is InChI=1S/C14H18N6O/c1-10(15-5-2-7-20-8-6-16-19-20)11-3-4-12-13(9-11)18-14(21)17-12/h3-4,6,8-10,15H,2,5,7H2,1H3,(H2,17,18,21). The third kappa shape index (κ3) is 3.19. The number of aromatic amines is 2. The Morgan fingerprint density at radius 3 is 3.00 bits per heavy atom. The Kier molecular flexibility index (Phi) is 3.83. The normalized spacial score (nSPS) is 12.8. The molecule has 0 bridgehead atoms. The minimum atomic E-state index is -0.171. The van der Waals surface area contributed by atoms with Crippen molar-refractivity contribution in [2.75, 3.05) is 6.54 Å². The third-order valence-electron chi connectivity index (χ3n) is 3.53. The van der Waals surface area contributed by atoms with E-state index in [9.17, 15) is 4.79 Å². The number of fused-ring (bicyclic) bond motifs is 1. The summed E-state index contributed by atoms with van der Waals surface area (Å²) in [6, 6.07) is 6.18. The molecule has 0 amide bonds. The summed E-state index contributed by atoms with van der Waals surface area (Å²) in [5, 5.41) is 11.2. The van der Waals surface area contributed by atoms with Crippen molar-refractivity contribution in [1.82, 2.24) is 30.3 Å². The Morgan fingerprint density at radius 1 is 1.33 bits per heavy atom. The van der Waals surface area contributed by atoms with E-state index >= 15 is 0 Å². The first-order valence-corrected chi connectivity index (χ1v) is 7.02. The van der Waals surface area contributed by atoms with E-state index in [-0.39, 0.29) is 11.7 Å². The first kappa shape index (κ1) is 13.6. The molecule has 110 valence electrons. The molecule has 0 saturated heterocycles. The third-order valence-corrected chi connectivity index (χ3v) is 3.53. The first-order chi connectivity index (χ1) is 10.2. The molecule has 0 aliphatic rings. The molecule has 3 rings (SSSR count). The molecular weight excluding hydrogens is 268 g/mol. The lowest BCUT2D eigenvalue weighted by Crippen LogP contribution is -2.21. The van der Waals surface area contributed by atoms with Crippen LogP contribution in [0.3, 0.4) is 0 Å². The zero-order valence-corrected chi connectivity index (χ0v) is 11.8. The monoisotopic (exact) mass is 286 g/mol. The molecule has 21 heavy (non-hydrogen) atoms. The molecule has 0 radical (unpaired) electrons. The van der Waals surface area contributed by atoms with Crippen molar-refractivity contribution in [3.63, 3.8) is 0 Å². The highest BCUT2D eigenvalue weighted by Crippen LogP contribution is 2.16. The van der Waals surface area contributed by atoms with Crippen LogP contribution in [0.1, 0.15) is 24.9 Å². The summed E-state index contributed by atoms with van der Waals surface area (Å²) in [5.74, 6) is 0. The second-order valence-corrected chi connectivity index (χ2v) is 5.08. The first-order valence-electron chi connectivity index (χ1n) is 7.02. The van der Waals surface area contributed by atoms with Crippen LogP contribution in [-0.2, 0) is 6.54 Å². The Bertz CT molecular complexity index is 757. The van der Waals surface area contributed by atoms with Gasteiger partial charge >= 0.3 is 5.69 Å². The molecule has 3 aromatic rings. The number of aryl methyl sites for hydroxylation is 1. The molecule has 0 aliphatic carbocycles. The van der Waals surface area contributed by atoms with Gasteiger partial charge in [0.1, 0.15) is 0 Å². The van der Waals surface area contributed by atoms with Crippen LogP contribution in [0.5, 0.6) is 0 Å². The molecule has 0 fully saturated rings. The van der Waals surface area contributed by atoms with Gasteiger partial charge in [0, 0.05) is 18.8 Å². The van der Waals surface area contributed by atoms with Gasteiger partial charge in [0.05, 0.1) is 17.2 Å². The van der Waals surface area contributed by atoms with Gasteiger partial charge in [0.2, 0.25) is 0 Å². The van der Waals surface area contributed by atoms with E-state index in [1.165, 1.54) is 0 Å².